The number of aliphatic hydroxyl groups excluding tert-OH is 1. The van der Waals surface area contributed by atoms with Gasteiger partial charge in [-0.1, -0.05) is 48.8 Å². The first-order valence-electron chi connectivity index (χ1n) is 6.84. The first kappa shape index (κ1) is 16.8. The van der Waals surface area contributed by atoms with Crippen molar-refractivity contribution in [2.75, 3.05) is 6.54 Å². The van der Waals surface area contributed by atoms with Crippen molar-refractivity contribution in [2.45, 2.75) is 38.5 Å². The Bertz CT molecular complexity index is 474. The number of ether oxygens (including phenoxy) is 1. The fourth-order valence-corrected chi connectivity index (χ4v) is 1.77. The Balaban J connectivity index is 2.37. The first-order chi connectivity index (χ1) is 10.2. The van der Waals surface area contributed by atoms with Gasteiger partial charge in [-0.2, -0.15) is 0 Å². The molecule has 0 aromatic heterocycles. The van der Waals surface area contributed by atoms with Crippen LogP contribution >= 0.6 is 0 Å². The van der Waals surface area contributed by atoms with Crippen LogP contribution in [0.15, 0.2) is 35.4 Å². The third-order valence-electron chi connectivity index (χ3n) is 2.90. The largest absolute Gasteiger partial charge is 0.445 e. The van der Waals surface area contributed by atoms with Crippen molar-refractivity contribution in [1.29, 1.82) is 0 Å². The molecular formula is C14H20N4O3. The lowest BCUT2D eigenvalue weighted by molar-refractivity contribution is 0.121. The van der Waals surface area contributed by atoms with Crippen LogP contribution in [0.2, 0.25) is 0 Å². The molecule has 0 saturated carbocycles. The van der Waals surface area contributed by atoms with Crippen LogP contribution in [-0.4, -0.2) is 29.9 Å². The van der Waals surface area contributed by atoms with E-state index >= 15 is 0 Å². The van der Waals surface area contributed by atoms with E-state index in [9.17, 15) is 9.90 Å². The van der Waals surface area contributed by atoms with Gasteiger partial charge in [0.2, 0.25) is 0 Å². The minimum Gasteiger partial charge on any atom is -0.445 e. The SMILES string of the molecule is CCC[C@@H](O)[C@@H](CNC(=O)OCc1ccccc1)N=[N+]=[N-]. The maximum atomic E-state index is 11.6. The number of carbonyl (C=O) groups is 1. The molecule has 1 rings (SSSR count). The van der Waals surface area contributed by atoms with Crippen molar-refractivity contribution in [3.8, 4) is 0 Å². The monoisotopic (exact) mass is 292 g/mol. The minimum absolute atomic E-state index is 0.0405. The molecule has 2 atom stereocenters. The highest BCUT2D eigenvalue weighted by atomic mass is 16.5. The second-order valence-corrected chi connectivity index (χ2v) is 4.57. The Morgan fingerprint density at radius 1 is 1.48 bits per heavy atom. The molecule has 2 N–H and O–H groups in total. The molecule has 0 unspecified atom stereocenters. The zero-order valence-electron chi connectivity index (χ0n) is 12.0. The van der Waals surface area contributed by atoms with E-state index in [1.54, 1.807) is 0 Å². The van der Waals surface area contributed by atoms with Crippen molar-refractivity contribution in [2.24, 2.45) is 5.11 Å². The Morgan fingerprint density at radius 3 is 2.81 bits per heavy atom. The summed E-state index contributed by atoms with van der Waals surface area (Å²) < 4.78 is 5.03. The zero-order chi connectivity index (χ0) is 15.5. The molecule has 0 fully saturated rings. The van der Waals surface area contributed by atoms with Crippen LogP contribution in [0.1, 0.15) is 25.3 Å². The fraction of sp³-hybridized carbons (Fsp3) is 0.500. The molecule has 7 nitrogen and oxygen atoms in total. The van der Waals surface area contributed by atoms with Crippen LogP contribution in [0.25, 0.3) is 10.4 Å². The van der Waals surface area contributed by atoms with Crippen molar-refractivity contribution < 1.29 is 14.6 Å². The number of benzene rings is 1. The number of nitrogens with zero attached hydrogens (tertiary/aromatic N) is 3. The average molecular weight is 292 g/mol. The second kappa shape index (κ2) is 9.63. The number of rotatable bonds is 8. The van der Waals surface area contributed by atoms with Gasteiger partial charge in [-0.25, -0.2) is 4.79 Å². The summed E-state index contributed by atoms with van der Waals surface area (Å²) in [7, 11) is 0. The van der Waals surface area contributed by atoms with Crippen molar-refractivity contribution in [3.63, 3.8) is 0 Å². The van der Waals surface area contributed by atoms with E-state index in [2.05, 4.69) is 15.3 Å². The number of hydrogen-bond acceptors (Lipinski definition) is 4. The lowest BCUT2D eigenvalue weighted by Crippen LogP contribution is -2.37. The molecule has 0 saturated heterocycles. The van der Waals surface area contributed by atoms with Gasteiger partial charge in [0.05, 0.1) is 12.1 Å². The van der Waals surface area contributed by atoms with Crippen LogP contribution in [0.5, 0.6) is 0 Å². The molecule has 0 radical (unpaired) electrons. The van der Waals surface area contributed by atoms with Gasteiger partial charge < -0.3 is 15.2 Å². The summed E-state index contributed by atoms with van der Waals surface area (Å²) in [6.45, 7) is 2.12. The molecule has 0 aliphatic rings. The molecule has 114 valence electrons. The molecule has 1 aromatic carbocycles. The van der Waals surface area contributed by atoms with E-state index in [0.717, 1.165) is 12.0 Å². The van der Waals surface area contributed by atoms with Crippen molar-refractivity contribution in [1.82, 2.24) is 5.32 Å². The van der Waals surface area contributed by atoms with Gasteiger partial charge in [-0.3, -0.25) is 0 Å². The predicted molar refractivity (Wildman–Crippen MR) is 78.5 cm³/mol. The number of amides is 1. The van der Waals surface area contributed by atoms with E-state index in [-0.39, 0.29) is 13.2 Å². The van der Waals surface area contributed by atoms with Gasteiger partial charge >= 0.3 is 6.09 Å². The predicted octanol–water partition coefficient (Wildman–Crippen LogP) is 2.75. The molecule has 0 spiro atoms. The molecular weight excluding hydrogens is 272 g/mol. The quantitative estimate of drug-likeness (QED) is 0.437. The molecule has 1 amide bonds. The summed E-state index contributed by atoms with van der Waals surface area (Å²) in [5, 5.41) is 15.8. The van der Waals surface area contributed by atoms with E-state index in [0.29, 0.717) is 6.42 Å². The second-order valence-electron chi connectivity index (χ2n) is 4.57. The standard InChI is InChI=1S/C14H20N4O3/c1-2-6-13(19)12(17-18-15)9-16-14(20)21-10-11-7-4-3-5-8-11/h3-5,7-8,12-13,19H,2,6,9-10H2,1H3,(H,16,20)/t12-,13-/m1/s1. The molecule has 7 heteroatoms. The van der Waals surface area contributed by atoms with Crippen molar-refractivity contribution in [3.05, 3.63) is 46.3 Å². The Labute approximate surface area is 123 Å². The number of nitrogens with one attached hydrogen (secondary N) is 1. The Hall–Kier alpha value is -2.24. The minimum atomic E-state index is -0.777. The molecule has 0 aliphatic carbocycles. The first-order valence-corrected chi connectivity index (χ1v) is 6.84. The van der Waals surface area contributed by atoms with Crippen LogP contribution in [-0.2, 0) is 11.3 Å². The molecule has 21 heavy (non-hydrogen) atoms. The lowest BCUT2D eigenvalue weighted by Gasteiger charge is -2.18. The van der Waals surface area contributed by atoms with Gasteiger partial charge in [0, 0.05) is 11.5 Å². The van der Waals surface area contributed by atoms with Gasteiger partial charge in [0.25, 0.3) is 0 Å². The average Bonchev–Trinajstić information content (AvgIpc) is 2.50. The summed E-state index contributed by atoms with van der Waals surface area (Å²) in [5.74, 6) is 0. The summed E-state index contributed by atoms with van der Waals surface area (Å²) in [6, 6.07) is 8.59. The van der Waals surface area contributed by atoms with Gasteiger partial charge in [-0.15, -0.1) is 0 Å². The number of aliphatic hydroxyl groups is 1. The highest BCUT2D eigenvalue weighted by Crippen LogP contribution is 2.06. The van der Waals surface area contributed by atoms with E-state index in [1.807, 2.05) is 37.3 Å². The topological polar surface area (TPSA) is 107 Å². The maximum absolute atomic E-state index is 11.6. The normalized spacial score (nSPS) is 12.9. The van der Waals surface area contributed by atoms with E-state index in [4.69, 9.17) is 10.3 Å². The number of alkyl carbamates (subject to hydrolysis) is 1. The van der Waals surface area contributed by atoms with Gasteiger partial charge in [0.15, 0.2) is 0 Å². The molecule has 0 bridgehead atoms. The summed E-state index contributed by atoms with van der Waals surface area (Å²) in [5.41, 5.74) is 9.35. The van der Waals surface area contributed by atoms with E-state index < -0.39 is 18.2 Å². The summed E-state index contributed by atoms with van der Waals surface area (Å²) in [4.78, 5) is 14.2. The number of carbonyl (C=O) groups excluding carboxylic acids is 1. The van der Waals surface area contributed by atoms with Gasteiger partial charge in [-0.05, 0) is 17.5 Å². The molecule has 0 heterocycles. The highest BCUT2D eigenvalue weighted by Gasteiger charge is 2.18. The lowest BCUT2D eigenvalue weighted by atomic mass is 10.1. The maximum Gasteiger partial charge on any atom is 0.407 e. The Morgan fingerprint density at radius 2 is 2.19 bits per heavy atom. The smallest absolute Gasteiger partial charge is 0.407 e. The molecule has 0 aliphatic heterocycles. The fourth-order valence-electron chi connectivity index (χ4n) is 1.77. The van der Waals surface area contributed by atoms with E-state index in [1.165, 1.54) is 0 Å². The van der Waals surface area contributed by atoms with Crippen molar-refractivity contribution >= 4 is 6.09 Å². The van der Waals surface area contributed by atoms with Crippen LogP contribution in [0.3, 0.4) is 0 Å². The molecule has 1 aromatic rings. The zero-order valence-corrected chi connectivity index (χ0v) is 12.0. The number of hydrogen-bond donors (Lipinski definition) is 2. The van der Waals surface area contributed by atoms with Crippen LogP contribution < -0.4 is 5.32 Å². The highest BCUT2D eigenvalue weighted by molar-refractivity contribution is 5.67. The van der Waals surface area contributed by atoms with Crippen LogP contribution in [0.4, 0.5) is 4.79 Å². The Kier molecular flexibility index (Phi) is 7.71. The van der Waals surface area contributed by atoms with Crippen LogP contribution in [0, 0.1) is 0 Å². The summed E-state index contributed by atoms with van der Waals surface area (Å²) in [6.07, 6.45) is -0.123. The van der Waals surface area contributed by atoms with Gasteiger partial charge in [0.1, 0.15) is 6.61 Å². The third-order valence-corrected chi connectivity index (χ3v) is 2.90. The third kappa shape index (κ3) is 6.65. The summed E-state index contributed by atoms with van der Waals surface area (Å²) >= 11 is 0. The number of azide groups is 1.